The molecule has 0 saturated carbocycles. The minimum absolute atomic E-state index is 0.100. The van der Waals surface area contributed by atoms with E-state index in [-0.39, 0.29) is 12.5 Å². The van der Waals surface area contributed by atoms with Gasteiger partial charge in [0.25, 0.3) is 0 Å². The fourth-order valence-electron chi connectivity index (χ4n) is 1.21. The number of likely N-dealkylation sites (tertiary alicyclic amines) is 1. The average molecular weight is 156 g/mol. The Bertz CT molecular complexity index is 130. The van der Waals surface area contributed by atoms with Crippen molar-refractivity contribution in [2.45, 2.75) is 12.8 Å². The summed E-state index contributed by atoms with van der Waals surface area (Å²) in [7, 11) is 1.55. The van der Waals surface area contributed by atoms with Crippen LogP contribution < -0.4 is 0 Å². The number of methoxy groups -OCH3 is 1. The molecule has 0 N–H and O–H groups in total. The Labute approximate surface area is 67.3 Å². The van der Waals surface area contributed by atoms with Crippen molar-refractivity contribution in [2.24, 2.45) is 0 Å². The quantitative estimate of drug-likeness (QED) is 0.581. The third kappa shape index (κ3) is 2.50. The molecule has 1 amide bonds. The highest BCUT2D eigenvalue weighted by atomic mass is 16.5. The number of nitrogens with zero attached hydrogens (tertiary/aromatic N) is 1. The normalized spacial score (nSPS) is 18.5. The summed E-state index contributed by atoms with van der Waals surface area (Å²) in [5, 5.41) is 0. The van der Waals surface area contributed by atoms with Crippen LogP contribution in [0.2, 0.25) is 0 Å². The highest BCUT2D eigenvalue weighted by Crippen LogP contribution is 2.07. The predicted molar refractivity (Wildman–Crippen MR) is 42.0 cm³/mol. The van der Waals surface area contributed by atoms with Crippen molar-refractivity contribution >= 4 is 5.91 Å². The van der Waals surface area contributed by atoms with E-state index in [4.69, 9.17) is 4.74 Å². The zero-order valence-electron chi connectivity index (χ0n) is 6.88. The van der Waals surface area contributed by atoms with E-state index in [9.17, 15) is 4.79 Å². The van der Waals surface area contributed by atoms with E-state index in [1.807, 2.05) is 4.90 Å². The van der Waals surface area contributed by atoms with Crippen LogP contribution in [0.1, 0.15) is 12.8 Å². The Morgan fingerprint density at radius 3 is 3.09 bits per heavy atom. The summed E-state index contributed by atoms with van der Waals surface area (Å²) in [5.74, 6) is 0.100. The molecule has 0 unspecified atom stereocenters. The van der Waals surface area contributed by atoms with Crippen LogP contribution in [-0.4, -0.2) is 37.6 Å². The van der Waals surface area contributed by atoms with Gasteiger partial charge in [0.05, 0.1) is 0 Å². The van der Waals surface area contributed by atoms with Crippen LogP contribution in [0.5, 0.6) is 0 Å². The molecule has 3 nitrogen and oxygen atoms in total. The molecular formula is C8H14NO2. The van der Waals surface area contributed by atoms with Gasteiger partial charge in [0.2, 0.25) is 5.91 Å². The fourth-order valence-corrected chi connectivity index (χ4v) is 1.21. The van der Waals surface area contributed by atoms with Crippen LogP contribution in [0.15, 0.2) is 0 Å². The molecule has 1 rings (SSSR count). The molecule has 1 saturated heterocycles. The van der Waals surface area contributed by atoms with Gasteiger partial charge < -0.3 is 9.64 Å². The third-order valence-electron chi connectivity index (χ3n) is 1.81. The van der Waals surface area contributed by atoms with Gasteiger partial charge in [-0.1, -0.05) is 0 Å². The summed E-state index contributed by atoms with van der Waals surface area (Å²) in [5.41, 5.74) is 0. The first-order valence-corrected chi connectivity index (χ1v) is 3.93. The van der Waals surface area contributed by atoms with Crippen LogP contribution in [0.4, 0.5) is 0 Å². The van der Waals surface area contributed by atoms with Crippen molar-refractivity contribution in [3.05, 3.63) is 6.42 Å². The predicted octanol–water partition coefficient (Wildman–Crippen LogP) is 0.459. The van der Waals surface area contributed by atoms with Crippen LogP contribution in [-0.2, 0) is 9.53 Å². The molecule has 63 valence electrons. The number of carbonyl (C=O) groups is 1. The van der Waals surface area contributed by atoms with Crippen molar-refractivity contribution in [2.75, 3.05) is 26.8 Å². The van der Waals surface area contributed by atoms with Crippen molar-refractivity contribution < 1.29 is 9.53 Å². The molecule has 3 heteroatoms. The maximum absolute atomic E-state index is 11.2. The number of carbonyl (C=O) groups excluding carboxylic acids is 1. The Kier molecular flexibility index (Phi) is 3.36. The topological polar surface area (TPSA) is 29.5 Å². The summed E-state index contributed by atoms with van der Waals surface area (Å²) >= 11 is 0. The molecule has 1 aliphatic heterocycles. The molecule has 0 aliphatic carbocycles. The lowest BCUT2D eigenvalue weighted by atomic mass is 10.1. The zero-order valence-corrected chi connectivity index (χ0v) is 6.88. The molecule has 1 aliphatic rings. The second kappa shape index (κ2) is 4.34. The minimum Gasteiger partial charge on any atom is -0.375 e. The molecule has 0 bridgehead atoms. The largest absolute Gasteiger partial charge is 0.375 e. The first-order chi connectivity index (χ1) is 5.34. The molecular weight excluding hydrogens is 142 g/mol. The summed E-state index contributed by atoms with van der Waals surface area (Å²) in [6.07, 6.45) is 4.36. The van der Waals surface area contributed by atoms with Crippen LogP contribution in [0.3, 0.4) is 0 Å². The van der Waals surface area contributed by atoms with E-state index in [0.717, 1.165) is 25.9 Å². The molecule has 0 spiro atoms. The van der Waals surface area contributed by atoms with E-state index in [0.29, 0.717) is 0 Å². The molecule has 11 heavy (non-hydrogen) atoms. The number of piperidine rings is 1. The van der Waals surface area contributed by atoms with Gasteiger partial charge in [0.1, 0.15) is 6.61 Å². The molecule has 0 atom stereocenters. The lowest BCUT2D eigenvalue weighted by molar-refractivity contribution is -0.135. The number of amides is 1. The molecule has 0 aromatic rings. The first-order valence-electron chi connectivity index (χ1n) is 3.93. The van der Waals surface area contributed by atoms with Gasteiger partial charge in [-0.15, -0.1) is 0 Å². The van der Waals surface area contributed by atoms with E-state index in [1.54, 1.807) is 7.11 Å². The van der Waals surface area contributed by atoms with Gasteiger partial charge in [-0.05, 0) is 19.3 Å². The van der Waals surface area contributed by atoms with E-state index < -0.39 is 0 Å². The van der Waals surface area contributed by atoms with E-state index >= 15 is 0 Å². The minimum atomic E-state index is 0.100. The molecule has 1 heterocycles. The second-order valence-electron chi connectivity index (χ2n) is 2.70. The standard InChI is InChI=1S/C8H14NO2/c1-11-7-8(10)9-5-3-2-4-6-9/h3H,2,4-7H2,1H3. The summed E-state index contributed by atoms with van der Waals surface area (Å²) in [4.78, 5) is 13.0. The smallest absolute Gasteiger partial charge is 0.248 e. The highest BCUT2D eigenvalue weighted by Gasteiger charge is 2.15. The summed E-state index contributed by atoms with van der Waals surface area (Å²) in [6, 6.07) is 0. The van der Waals surface area contributed by atoms with Crippen molar-refractivity contribution in [3.8, 4) is 0 Å². The number of hydrogen-bond donors (Lipinski definition) is 0. The third-order valence-corrected chi connectivity index (χ3v) is 1.81. The first kappa shape index (κ1) is 8.53. The van der Waals surface area contributed by atoms with Gasteiger partial charge >= 0.3 is 0 Å². The van der Waals surface area contributed by atoms with Gasteiger partial charge in [-0.3, -0.25) is 4.79 Å². The van der Waals surface area contributed by atoms with Gasteiger partial charge in [0, 0.05) is 20.2 Å². The number of ether oxygens (including phenoxy) is 1. The van der Waals surface area contributed by atoms with Crippen molar-refractivity contribution in [1.29, 1.82) is 0 Å². The summed E-state index contributed by atoms with van der Waals surface area (Å²) in [6.45, 7) is 1.90. The van der Waals surface area contributed by atoms with Crippen molar-refractivity contribution in [1.82, 2.24) is 4.90 Å². The highest BCUT2D eigenvalue weighted by molar-refractivity contribution is 5.77. The number of rotatable bonds is 2. The maximum Gasteiger partial charge on any atom is 0.248 e. The van der Waals surface area contributed by atoms with Gasteiger partial charge in [0.15, 0.2) is 0 Å². The van der Waals surface area contributed by atoms with E-state index in [2.05, 4.69) is 6.42 Å². The summed E-state index contributed by atoms with van der Waals surface area (Å²) < 4.78 is 4.75. The molecule has 0 aromatic heterocycles. The Balaban J connectivity index is 2.27. The molecule has 0 aromatic carbocycles. The Morgan fingerprint density at radius 1 is 1.73 bits per heavy atom. The Morgan fingerprint density at radius 2 is 2.55 bits per heavy atom. The average Bonchev–Trinajstić information content (AvgIpc) is 2.07. The van der Waals surface area contributed by atoms with Gasteiger partial charge in [-0.25, -0.2) is 0 Å². The SMILES string of the molecule is COCC(=O)N1C[CH]CCC1. The van der Waals surface area contributed by atoms with Crippen LogP contribution in [0.25, 0.3) is 0 Å². The monoisotopic (exact) mass is 156 g/mol. The van der Waals surface area contributed by atoms with Crippen LogP contribution in [0, 0.1) is 6.42 Å². The molecule has 1 fully saturated rings. The van der Waals surface area contributed by atoms with Gasteiger partial charge in [-0.2, -0.15) is 0 Å². The maximum atomic E-state index is 11.2. The van der Waals surface area contributed by atoms with Crippen molar-refractivity contribution in [3.63, 3.8) is 0 Å². The molecule has 1 radical (unpaired) electrons. The number of hydrogen-bond acceptors (Lipinski definition) is 2. The lowest BCUT2D eigenvalue weighted by Crippen LogP contribution is -2.37. The Hall–Kier alpha value is -0.570. The van der Waals surface area contributed by atoms with Crippen LogP contribution >= 0.6 is 0 Å². The second-order valence-corrected chi connectivity index (χ2v) is 2.70. The zero-order chi connectivity index (χ0) is 8.10. The fraction of sp³-hybridized carbons (Fsp3) is 0.750. The lowest BCUT2D eigenvalue weighted by Gasteiger charge is -2.25. The van der Waals surface area contributed by atoms with E-state index in [1.165, 1.54) is 0 Å².